The van der Waals surface area contributed by atoms with Gasteiger partial charge in [-0.2, -0.15) is 0 Å². The van der Waals surface area contributed by atoms with Crippen LogP contribution < -0.4 is 5.32 Å². The fourth-order valence-electron chi connectivity index (χ4n) is 3.28. The van der Waals surface area contributed by atoms with E-state index in [0.717, 1.165) is 22.3 Å². The highest BCUT2D eigenvalue weighted by atomic mass is 35.5. The second-order valence-electron chi connectivity index (χ2n) is 6.98. The van der Waals surface area contributed by atoms with Gasteiger partial charge in [0.15, 0.2) is 6.67 Å². The van der Waals surface area contributed by atoms with Gasteiger partial charge in [-0.25, -0.2) is 4.39 Å². The number of hydrogen-bond donors (Lipinski definition) is 1. The lowest BCUT2D eigenvalue weighted by Gasteiger charge is -2.30. The molecule has 1 aliphatic rings. The SMILES string of the molecule is CC(C)C(=O)Nc1cc2c(c(-c3ccccc3Cl)c1)CCN(C(=O)CF)C2. The topological polar surface area (TPSA) is 49.4 Å². The third-order valence-corrected chi connectivity index (χ3v) is 5.09. The lowest BCUT2D eigenvalue weighted by molar-refractivity contribution is -0.133. The number of fused-ring (bicyclic) bond motifs is 1. The van der Waals surface area contributed by atoms with Crippen molar-refractivity contribution in [3.05, 3.63) is 52.5 Å². The molecule has 0 unspecified atom stereocenters. The first-order valence-electron chi connectivity index (χ1n) is 8.96. The molecule has 0 radical (unpaired) electrons. The van der Waals surface area contributed by atoms with E-state index < -0.39 is 12.6 Å². The van der Waals surface area contributed by atoms with E-state index in [1.807, 2.05) is 50.2 Å². The van der Waals surface area contributed by atoms with Gasteiger partial charge in [-0.15, -0.1) is 0 Å². The van der Waals surface area contributed by atoms with Crippen LogP contribution in [0.25, 0.3) is 11.1 Å². The van der Waals surface area contributed by atoms with Gasteiger partial charge in [0.25, 0.3) is 5.91 Å². The molecule has 0 aromatic heterocycles. The Balaban J connectivity index is 2.08. The summed E-state index contributed by atoms with van der Waals surface area (Å²) < 4.78 is 12.8. The molecule has 142 valence electrons. The Hall–Kier alpha value is -2.40. The van der Waals surface area contributed by atoms with Crippen LogP contribution in [0.4, 0.5) is 10.1 Å². The van der Waals surface area contributed by atoms with Gasteiger partial charge in [-0.1, -0.05) is 43.6 Å². The molecule has 0 saturated carbocycles. The van der Waals surface area contributed by atoms with Crippen LogP contribution >= 0.6 is 11.6 Å². The average Bonchev–Trinajstić information content (AvgIpc) is 2.66. The van der Waals surface area contributed by atoms with Crippen molar-refractivity contribution in [3.63, 3.8) is 0 Å². The number of halogens is 2. The lowest BCUT2D eigenvalue weighted by atomic mass is 9.89. The molecule has 0 aliphatic carbocycles. The van der Waals surface area contributed by atoms with Crippen LogP contribution in [-0.4, -0.2) is 29.9 Å². The number of amides is 2. The minimum atomic E-state index is -1.00. The van der Waals surface area contributed by atoms with Gasteiger partial charge >= 0.3 is 0 Å². The molecule has 1 aliphatic heterocycles. The van der Waals surface area contributed by atoms with Crippen molar-refractivity contribution in [2.75, 3.05) is 18.5 Å². The van der Waals surface area contributed by atoms with Crippen molar-refractivity contribution in [1.82, 2.24) is 4.90 Å². The maximum absolute atomic E-state index is 12.8. The van der Waals surface area contributed by atoms with Crippen LogP contribution in [0.2, 0.25) is 5.02 Å². The van der Waals surface area contributed by atoms with E-state index in [0.29, 0.717) is 30.2 Å². The summed E-state index contributed by atoms with van der Waals surface area (Å²) in [5, 5.41) is 3.54. The summed E-state index contributed by atoms with van der Waals surface area (Å²) in [5.74, 6) is -0.765. The van der Waals surface area contributed by atoms with E-state index in [9.17, 15) is 14.0 Å². The molecule has 3 rings (SSSR count). The Morgan fingerprint density at radius 2 is 1.96 bits per heavy atom. The van der Waals surface area contributed by atoms with Crippen molar-refractivity contribution in [1.29, 1.82) is 0 Å². The number of anilines is 1. The third-order valence-electron chi connectivity index (χ3n) is 4.76. The van der Waals surface area contributed by atoms with Crippen molar-refractivity contribution >= 4 is 29.1 Å². The minimum Gasteiger partial charge on any atom is -0.336 e. The smallest absolute Gasteiger partial charge is 0.254 e. The highest BCUT2D eigenvalue weighted by molar-refractivity contribution is 6.33. The highest BCUT2D eigenvalue weighted by Crippen LogP contribution is 2.37. The van der Waals surface area contributed by atoms with Gasteiger partial charge < -0.3 is 10.2 Å². The molecule has 1 N–H and O–H groups in total. The molecule has 0 spiro atoms. The van der Waals surface area contributed by atoms with E-state index in [-0.39, 0.29) is 11.8 Å². The van der Waals surface area contributed by atoms with Gasteiger partial charge in [-0.05, 0) is 41.3 Å². The van der Waals surface area contributed by atoms with Crippen LogP contribution in [0, 0.1) is 5.92 Å². The van der Waals surface area contributed by atoms with Crippen molar-refractivity contribution in [3.8, 4) is 11.1 Å². The van der Waals surface area contributed by atoms with E-state index >= 15 is 0 Å². The zero-order chi connectivity index (χ0) is 19.6. The number of carbonyl (C=O) groups is 2. The molecule has 2 aromatic rings. The van der Waals surface area contributed by atoms with Crippen molar-refractivity contribution in [2.45, 2.75) is 26.8 Å². The Morgan fingerprint density at radius 1 is 1.22 bits per heavy atom. The van der Waals surface area contributed by atoms with Gasteiger partial charge in [0.2, 0.25) is 5.91 Å². The largest absolute Gasteiger partial charge is 0.336 e. The van der Waals surface area contributed by atoms with Crippen molar-refractivity contribution < 1.29 is 14.0 Å². The maximum Gasteiger partial charge on any atom is 0.254 e. The Morgan fingerprint density at radius 3 is 2.63 bits per heavy atom. The van der Waals surface area contributed by atoms with E-state index in [2.05, 4.69) is 5.32 Å². The standard InChI is InChI=1S/C21H22ClFN2O2/c1-13(2)21(27)24-15-9-14-12-25(20(26)11-23)8-7-16(14)18(10-15)17-5-3-4-6-19(17)22/h3-6,9-10,13H,7-8,11-12H2,1-2H3,(H,24,27). The second kappa shape index (κ2) is 8.09. The van der Waals surface area contributed by atoms with Crippen LogP contribution in [0.5, 0.6) is 0 Å². The summed E-state index contributed by atoms with van der Waals surface area (Å²) in [6.45, 7) is 3.43. The molecule has 6 heteroatoms. The molecule has 0 atom stereocenters. The number of alkyl halides is 1. The van der Waals surface area contributed by atoms with Gasteiger partial charge in [0, 0.05) is 35.3 Å². The fraction of sp³-hybridized carbons (Fsp3) is 0.333. The summed E-state index contributed by atoms with van der Waals surface area (Å²) in [7, 11) is 0. The first-order valence-corrected chi connectivity index (χ1v) is 9.33. The molecule has 4 nitrogen and oxygen atoms in total. The van der Waals surface area contributed by atoms with Crippen LogP contribution in [0.15, 0.2) is 36.4 Å². The minimum absolute atomic E-state index is 0.0902. The zero-order valence-electron chi connectivity index (χ0n) is 15.4. The summed E-state index contributed by atoms with van der Waals surface area (Å²) in [6.07, 6.45) is 0.611. The molecular formula is C21H22ClFN2O2. The zero-order valence-corrected chi connectivity index (χ0v) is 16.1. The fourth-order valence-corrected chi connectivity index (χ4v) is 3.51. The maximum atomic E-state index is 12.8. The molecule has 0 fully saturated rings. The number of carbonyl (C=O) groups excluding carboxylic acids is 2. The Labute approximate surface area is 163 Å². The number of hydrogen-bond acceptors (Lipinski definition) is 2. The Bertz CT molecular complexity index is 882. The predicted octanol–water partition coefficient (Wildman–Crippen LogP) is 4.46. The summed E-state index contributed by atoms with van der Waals surface area (Å²) >= 11 is 6.41. The molecule has 2 aromatic carbocycles. The first kappa shape index (κ1) is 19.4. The molecule has 0 bridgehead atoms. The molecule has 0 saturated heterocycles. The quantitative estimate of drug-likeness (QED) is 0.840. The third kappa shape index (κ3) is 4.14. The first-order chi connectivity index (χ1) is 12.9. The lowest BCUT2D eigenvalue weighted by Crippen LogP contribution is -2.37. The highest BCUT2D eigenvalue weighted by Gasteiger charge is 2.24. The molecule has 1 heterocycles. The summed E-state index contributed by atoms with van der Waals surface area (Å²) in [5.41, 5.74) is 4.44. The van der Waals surface area contributed by atoms with Gasteiger partial charge in [0.1, 0.15) is 0 Å². The Kier molecular flexibility index (Phi) is 5.80. The number of nitrogens with zero attached hydrogens (tertiary/aromatic N) is 1. The molecular weight excluding hydrogens is 367 g/mol. The second-order valence-corrected chi connectivity index (χ2v) is 7.39. The number of benzene rings is 2. The predicted molar refractivity (Wildman–Crippen MR) is 105 cm³/mol. The van der Waals surface area contributed by atoms with Crippen LogP contribution in [0.3, 0.4) is 0 Å². The van der Waals surface area contributed by atoms with E-state index in [4.69, 9.17) is 11.6 Å². The number of nitrogens with one attached hydrogen (secondary N) is 1. The molecule has 27 heavy (non-hydrogen) atoms. The van der Waals surface area contributed by atoms with Crippen molar-refractivity contribution in [2.24, 2.45) is 5.92 Å². The normalized spacial score (nSPS) is 13.4. The van der Waals surface area contributed by atoms with Crippen LogP contribution in [0.1, 0.15) is 25.0 Å². The summed E-state index contributed by atoms with van der Waals surface area (Å²) in [4.78, 5) is 25.5. The monoisotopic (exact) mass is 388 g/mol. The van der Waals surface area contributed by atoms with Crippen LogP contribution in [-0.2, 0) is 22.6 Å². The van der Waals surface area contributed by atoms with Gasteiger partial charge in [0.05, 0.1) is 0 Å². The van der Waals surface area contributed by atoms with Gasteiger partial charge in [-0.3, -0.25) is 9.59 Å². The summed E-state index contributed by atoms with van der Waals surface area (Å²) in [6, 6.07) is 11.3. The number of rotatable bonds is 4. The average molecular weight is 389 g/mol. The van der Waals surface area contributed by atoms with E-state index in [1.54, 1.807) is 0 Å². The molecule has 2 amide bonds. The van der Waals surface area contributed by atoms with E-state index in [1.165, 1.54) is 4.90 Å².